The first-order valence-corrected chi connectivity index (χ1v) is 13.4. The minimum Gasteiger partial charge on any atom is -0.377 e. The van der Waals surface area contributed by atoms with E-state index in [-0.39, 0.29) is 60.4 Å². The number of amides is 1. The molecule has 210 valence electrons. The fourth-order valence-corrected chi connectivity index (χ4v) is 6.57. The van der Waals surface area contributed by atoms with E-state index in [1.807, 2.05) is 0 Å². The van der Waals surface area contributed by atoms with Crippen LogP contribution in [0, 0.1) is 11.7 Å². The number of aliphatic hydroxyl groups is 1. The topological polar surface area (TPSA) is 101 Å². The first kappa shape index (κ1) is 26.9. The summed E-state index contributed by atoms with van der Waals surface area (Å²) < 4.78 is 56.2. The van der Waals surface area contributed by atoms with Crippen LogP contribution in [-0.4, -0.2) is 32.5 Å². The van der Waals surface area contributed by atoms with Gasteiger partial charge in [0, 0.05) is 34.6 Å². The number of pyridine rings is 2. The molecule has 0 bridgehead atoms. The second kappa shape index (κ2) is 8.84. The van der Waals surface area contributed by atoms with Crippen LogP contribution in [0.4, 0.5) is 17.6 Å². The molecule has 40 heavy (non-hydrogen) atoms. The summed E-state index contributed by atoms with van der Waals surface area (Å²) >= 11 is 6.30. The van der Waals surface area contributed by atoms with E-state index in [1.54, 1.807) is 13.0 Å². The Morgan fingerprint density at radius 1 is 1.23 bits per heavy atom. The highest BCUT2D eigenvalue weighted by Gasteiger charge is 2.45. The van der Waals surface area contributed by atoms with Gasteiger partial charge in [0.15, 0.2) is 5.78 Å². The number of halogens is 5. The molecule has 0 saturated carbocycles. The van der Waals surface area contributed by atoms with Crippen molar-refractivity contribution in [3.63, 3.8) is 0 Å². The number of hydrogen-bond donors (Lipinski definition) is 2. The summed E-state index contributed by atoms with van der Waals surface area (Å²) in [5.41, 5.74) is 0.390. The van der Waals surface area contributed by atoms with Crippen molar-refractivity contribution in [3.05, 3.63) is 61.1 Å². The predicted molar refractivity (Wildman–Crippen MR) is 137 cm³/mol. The van der Waals surface area contributed by atoms with Gasteiger partial charge in [-0.05, 0) is 49.8 Å². The Bertz CT molecular complexity index is 1720. The van der Waals surface area contributed by atoms with Gasteiger partial charge in [-0.1, -0.05) is 18.5 Å². The molecule has 12 heteroatoms. The summed E-state index contributed by atoms with van der Waals surface area (Å²) in [6.45, 7) is 2.43. The van der Waals surface area contributed by atoms with Crippen molar-refractivity contribution in [2.24, 2.45) is 5.92 Å². The first-order valence-electron chi connectivity index (χ1n) is 13.0. The average molecular weight is 578 g/mol. The lowest BCUT2D eigenvalue weighted by atomic mass is 9.77. The Balaban J connectivity index is 1.60. The number of fused-ring (bicyclic) bond motifs is 5. The van der Waals surface area contributed by atoms with Gasteiger partial charge in [-0.2, -0.15) is 13.2 Å². The fraction of sp³-hybridized carbons (Fsp3) is 0.429. The van der Waals surface area contributed by atoms with Gasteiger partial charge in [-0.25, -0.2) is 9.37 Å². The number of ketones is 1. The van der Waals surface area contributed by atoms with Crippen LogP contribution >= 0.6 is 11.6 Å². The van der Waals surface area contributed by atoms with E-state index in [9.17, 15) is 37.1 Å². The average Bonchev–Trinajstić information content (AvgIpc) is 3.27. The predicted octanol–water partition coefficient (Wildman–Crippen LogP) is 4.63. The summed E-state index contributed by atoms with van der Waals surface area (Å²) in [6, 6.07) is 1.81. The van der Waals surface area contributed by atoms with E-state index in [2.05, 4.69) is 10.3 Å². The molecule has 1 aromatic carbocycles. The summed E-state index contributed by atoms with van der Waals surface area (Å²) in [6.07, 6.45) is -4.16. The van der Waals surface area contributed by atoms with Crippen molar-refractivity contribution in [1.29, 1.82) is 0 Å². The number of alkyl halides is 3. The maximum atomic E-state index is 14.8. The zero-order valence-electron chi connectivity index (χ0n) is 21.5. The largest absolute Gasteiger partial charge is 0.400 e. The van der Waals surface area contributed by atoms with Gasteiger partial charge in [-0.3, -0.25) is 14.4 Å². The summed E-state index contributed by atoms with van der Waals surface area (Å²) in [5.74, 6) is -4.58. The quantitative estimate of drug-likeness (QED) is 0.346. The van der Waals surface area contributed by atoms with E-state index in [1.165, 1.54) is 4.57 Å². The molecule has 0 saturated heterocycles. The van der Waals surface area contributed by atoms with Crippen molar-refractivity contribution in [3.8, 4) is 11.4 Å². The van der Waals surface area contributed by atoms with Gasteiger partial charge < -0.3 is 15.0 Å². The van der Waals surface area contributed by atoms with Crippen LogP contribution in [0.2, 0.25) is 5.02 Å². The summed E-state index contributed by atoms with van der Waals surface area (Å²) in [5, 5.41) is 14.1. The molecule has 7 nitrogen and oxygen atoms in total. The number of benzene rings is 1. The number of hydrogen-bond acceptors (Lipinski definition) is 5. The Kier molecular flexibility index (Phi) is 5.94. The summed E-state index contributed by atoms with van der Waals surface area (Å²) in [7, 11) is 0. The smallest absolute Gasteiger partial charge is 0.377 e. The van der Waals surface area contributed by atoms with Crippen molar-refractivity contribution in [1.82, 2.24) is 14.9 Å². The number of nitrogens with zero attached hydrogens (tertiary/aromatic N) is 2. The lowest BCUT2D eigenvalue weighted by Gasteiger charge is -2.32. The minimum atomic E-state index is -4.74. The highest BCUT2D eigenvalue weighted by molar-refractivity contribution is 6.32. The first-order chi connectivity index (χ1) is 18.8. The molecule has 3 heterocycles. The van der Waals surface area contributed by atoms with Gasteiger partial charge in [0.1, 0.15) is 17.3 Å². The Labute approximate surface area is 230 Å². The number of aromatic nitrogens is 2. The molecule has 2 aliphatic carbocycles. The zero-order valence-corrected chi connectivity index (χ0v) is 22.3. The van der Waals surface area contributed by atoms with Crippen LogP contribution in [0.3, 0.4) is 0 Å². The maximum Gasteiger partial charge on any atom is 0.400 e. The molecule has 0 unspecified atom stereocenters. The van der Waals surface area contributed by atoms with Crippen molar-refractivity contribution in [2.75, 3.05) is 0 Å². The molecular formula is C28H24ClF4N3O4. The monoisotopic (exact) mass is 577 g/mol. The van der Waals surface area contributed by atoms with E-state index >= 15 is 0 Å². The number of rotatable bonds is 3. The Morgan fingerprint density at radius 3 is 2.62 bits per heavy atom. The number of aryl methyl sites for hydroxylation is 1. The second-order valence-electron chi connectivity index (χ2n) is 10.7. The summed E-state index contributed by atoms with van der Waals surface area (Å²) in [4.78, 5) is 43.6. The standard InChI is InChI=1S/C28H24ClF4N3O4/c1-3-27(40)15-8-19-24-14(10-36(19)26(39)12(15)5-7-20(27)37)22-17(35-25(38)11(2)28(31,32)33)6-4-13-21(22)18(34-24)9-16(30)23(13)29/h8-9,11,17,40H,3-7,10H2,1-2H3,(H,35,38)/t11-,17+,27+/m1/s1. The van der Waals surface area contributed by atoms with Gasteiger partial charge >= 0.3 is 6.18 Å². The molecule has 3 aromatic rings. The van der Waals surface area contributed by atoms with Crippen LogP contribution in [-0.2, 0) is 34.6 Å². The fourth-order valence-electron chi connectivity index (χ4n) is 6.33. The van der Waals surface area contributed by atoms with E-state index < -0.39 is 46.8 Å². The lowest BCUT2D eigenvalue weighted by Crippen LogP contribution is -2.43. The lowest BCUT2D eigenvalue weighted by molar-refractivity contribution is -0.179. The van der Waals surface area contributed by atoms with Gasteiger partial charge in [0.2, 0.25) is 5.91 Å². The molecule has 6 rings (SSSR count). The van der Waals surface area contributed by atoms with E-state index in [0.29, 0.717) is 33.3 Å². The third-order valence-electron chi connectivity index (χ3n) is 8.62. The SMILES string of the molecule is CC[C@@]1(O)C(=O)CCc2c1cc1n(c2=O)Cc2c-1nc1cc(F)c(Cl)c3c1c2[C@@H](NC(=O)[C@@H](C)C(F)(F)F)CC3. The van der Waals surface area contributed by atoms with Gasteiger partial charge in [0.25, 0.3) is 5.56 Å². The third-order valence-corrected chi connectivity index (χ3v) is 9.03. The van der Waals surface area contributed by atoms with Crippen LogP contribution in [0.25, 0.3) is 22.3 Å². The van der Waals surface area contributed by atoms with Crippen LogP contribution < -0.4 is 10.9 Å². The van der Waals surface area contributed by atoms with Crippen LogP contribution in [0.15, 0.2) is 16.9 Å². The maximum absolute atomic E-state index is 14.8. The number of nitrogens with one attached hydrogen (secondary N) is 1. The van der Waals surface area contributed by atoms with Crippen LogP contribution in [0.1, 0.15) is 67.0 Å². The third kappa shape index (κ3) is 3.66. The molecule has 3 aliphatic rings. The molecule has 0 spiro atoms. The minimum absolute atomic E-state index is 0.00316. The molecular weight excluding hydrogens is 554 g/mol. The van der Waals surface area contributed by atoms with Crippen molar-refractivity contribution >= 4 is 34.2 Å². The van der Waals surface area contributed by atoms with Gasteiger partial charge in [-0.15, -0.1) is 0 Å². The Hall–Kier alpha value is -3.31. The molecule has 1 amide bonds. The van der Waals surface area contributed by atoms with Crippen molar-refractivity contribution < 1.29 is 32.3 Å². The zero-order chi connectivity index (χ0) is 28.9. The molecule has 3 atom stereocenters. The Morgan fingerprint density at radius 2 is 1.95 bits per heavy atom. The number of Topliss-reactive ketones (excluding diaryl/α,β-unsaturated/α-hetero) is 1. The highest BCUT2D eigenvalue weighted by atomic mass is 35.5. The van der Waals surface area contributed by atoms with E-state index in [0.717, 1.165) is 13.0 Å². The highest BCUT2D eigenvalue weighted by Crippen LogP contribution is 2.47. The molecule has 0 radical (unpaired) electrons. The van der Waals surface area contributed by atoms with Crippen LogP contribution in [0.5, 0.6) is 0 Å². The second-order valence-corrected chi connectivity index (χ2v) is 11.1. The molecule has 1 aliphatic heterocycles. The number of carbonyl (C=O) groups is 2. The molecule has 2 aromatic heterocycles. The molecule has 2 N–H and O–H groups in total. The normalized spacial score (nSPS) is 22.1. The van der Waals surface area contributed by atoms with Crippen molar-refractivity contribution in [2.45, 2.75) is 70.3 Å². The number of carbonyl (C=O) groups excluding carboxylic acids is 2. The van der Waals surface area contributed by atoms with E-state index in [4.69, 9.17) is 11.6 Å². The molecule has 0 fully saturated rings. The van der Waals surface area contributed by atoms with Gasteiger partial charge in [0.05, 0.1) is 34.5 Å².